The van der Waals surface area contributed by atoms with Crippen molar-refractivity contribution in [3.05, 3.63) is 68.3 Å². The number of nitrogens with one attached hydrogen (secondary N) is 1. The van der Waals surface area contributed by atoms with Crippen molar-refractivity contribution in [2.75, 3.05) is 18.5 Å². The highest BCUT2D eigenvalue weighted by Gasteiger charge is 2.31. The lowest BCUT2D eigenvalue weighted by atomic mass is 10.2. The monoisotopic (exact) mass is 437 g/mol. The van der Waals surface area contributed by atoms with Crippen LogP contribution < -0.4 is 10.1 Å². The van der Waals surface area contributed by atoms with Crippen molar-refractivity contribution in [3.63, 3.8) is 0 Å². The van der Waals surface area contributed by atoms with Gasteiger partial charge in [0.1, 0.15) is 17.2 Å². The van der Waals surface area contributed by atoms with E-state index in [-0.39, 0.29) is 46.7 Å². The van der Waals surface area contributed by atoms with Crippen LogP contribution in [0, 0.1) is 10.1 Å². The molecule has 2 aromatic rings. The van der Waals surface area contributed by atoms with Crippen molar-refractivity contribution in [3.8, 4) is 11.5 Å². The van der Waals surface area contributed by atoms with Crippen LogP contribution in [0.1, 0.15) is 0 Å². The van der Waals surface area contributed by atoms with Gasteiger partial charge >= 0.3 is 0 Å². The second-order valence-corrected chi connectivity index (χ2v) is 6.69. The molecule has 0 radical (unpaired) electrons. The molecule has 0 aliphatic carbocycles. The summed E-state index contributed by atoms with van der Waals surface area (Å²) in [5.41, 5.74) is -0.239. The lowest BCUT2D eigenvalue weighted by Crippen LogP contribution is -2.34. The molecule has 2 amide bonds. The number of non-ortho nitro benzene ring substituents is 1. The number of aliphatic hydroxyl groups excluding tert-OH is 1. The van der Waals surface area contributed by atoms with Crippen LogP contribution in [0.4, 0.5) is 11.4 Å². The van der Waals surface area contributed by atoms with Gasteiger partial charge in [-0.25, -0.2) is 0 Å². The molecule has 29 heavy (non-hydrogen) atoms. The van der Waals surface area contributed by atoms with Gasteiger partial charge in [-0.3, -0.25) is 24.6 Å². The van der Waals surface area contributed by atoms with Crippen LogP contribution in [-0.2, 0) is 9.59 Å². The molecule has 1 aliphatic heterocycles. The first-order valence-corrected chi connectivity index (χ1v) is 8.92. The number of carbonyl (C=O) groups is 2. The smallest absolute Gasteiger partial charge is 0.277 e. The molecule has 11 heteroatoms. The second-order valence-electron chi connectivity index (χ2n) is 5.85. The fraction of sp³-hybridized carbons (Fsp3) is 0.111. The summed E-state index contributed by atoms with van der Waals surface area (Å²) in [5, 5.41) is 23.5. The lowest BCUT2D eigenvalue weighted by molar-refractivity contribution is -0.384. The highest BCUT2D eigenvalue weighted by atomic mass is 35.5. The molecule has 0 bridgehead atoms. The van der Waals surface area contributed by atoms with Crippen molar-refractivity contribution in [2.45, 2.75) is 0 Å². The number of β-amino-alcohol motifs (C(OH)–C–C–N with tert-alkyl or cyclic N) is 1. The number of nitro groups is 1. The van der Waals surface area contributed by atoms with Gasteiger partial charge in [0.15, 0.2) is 0 Å². The molecule has 2 N–H and O–H groups in total. The first-order chi connectivity index (χ1) is 13.8. The van der Waals surface area contributed by atoms with Gasteiger partial charge in [-0.2, -0.15) is 0 Å². The Kier molecular flexibility index (Phi) is 6.02. The molecular formula is C18H13Cl2N3O6. The third kappa shape index (κ3) is 4.65. The predicted molar refractivity (Wildman–Crippen MR) is 105 cm³/mol. The average molecular weight is 438 g/mol. The van der Waals surface area contributed by atoms with Gasteiger partial charge in [0.05, 0.1) is 29.2 Å². The Hall–Kier alpha value is -3.14. The van der Waals surface area contributed by atoms with Crippen LogP contribution in [0.3, 0.4) is 0 Å². The fourth-order valence-electron chi connectivity index (χ4n) is 2.57. The summed E-state index contributed by atoms with van der Waals surface area (Å²) in [7, 11) is 0. The molecule has 0 spiro atoms. The van der Waals surface area contributed by atoms with E-state index in [1.54, 1.807) is 6.07 Å². The van der Waals surface area contributed by atoms with E-state index in [1.165, 1.54) is 30.3 Å². The number of nitrogens with zero attached hydrogens (tertiary/aromatic N) is 2. The summed E-state index contributed by atoms with van der Waals surface area (Å²) in [5.74, 6) is -0.946. The summed E-state index contributed by atoms with van der Waals surface area (Å²) >= 11 is 11.9. The maximum absolute atomic E-state index is 12.2. The van der Waals surface area contributed by atoms with Gasteiger partial charge < -0.3 is 15.2 Å². The molecule has 3 rings (SSSR count). The summed E-state index contributed by atoms with van der Waals surface area (Å²) in [6.07, 6.45) is 1.05. The summed E-state index contributed by atoms with van der Waals surface area (Å²) in [6.45, 7) is -0.535. The number of ether oxygens (including phenoxy) is 1. The fourth-order valence-corrected chi connectivity index (χ4v) is 3.02. The van der Waals surface area contributed by atoms with Crippen LogP contribution >= 0.6 is 23.2 Å². The van der Waals surface area contributed by atoms with Crippen LogP contribution in [0.2, 0.25) is 10.0 Å². The maximum atomic E-state index is 12.2. The highest BCUT2D eigenvalue weighted by molar-refractivity contribution is 6.35. The number of amides is 2. The first-order valence-electron chi connectivity index (χ1n) is 8.16. The second kappa shape index (κ2) is 8.48. The van der Waals surface area contributed by atoms with E-state index in [0.29, 0.717) is 5.02 Å². The molecule has 2 aromatic carbocycles. The van der Waals surface area contributed by atoms with E-state index in [9.17, 15) is 19.7 Å². The van der Waals surface area contributed by atoms with Crippen LogP contribution in [0.15, 0.2) is 48.2 Å². The Balaban J connectivity index is 1.90. The molecule has 0 fully saturated rings. The number of carbonyl (C=O) groups excluding carboxylic acids is 2. The zero-order valence-corrected chi connectivity index (χ0v) is 16.1. The molecular weight excluding hydrogens is 425 g/mol. The number of anilines is 1. The largest absolute Gasteiger partial charge is 0.455 e. The SMILES string of the molecule is O=C1C=C(Nc2cc(Oc3ccc(Cl)cc3Cl)cc([N+](=O)[O-])c2)C(=O)N1CCO. The minimum Gasteiger partial charge on any atom is -0.455 e. The average Bonchev–Trinajstić information content (AvgIpc) is 2.91. The molecule has 150 valence electrons. The zero-order chi connectivity index (χ0) is 21.1. The third-order valence-electron chi connectivity index (χ3n) is 3.84. The molecule has 0 saturated heterocycles. The van der Waals surface area contributed by atoms with E-state index in [2.05, 4.69) is 5.32 Å². The number of hydrogen-bond donors (Lipinski definition) is 2. The van der Waals surface area contributed by atoms with Gasteiger partial charge in [0.2, 0.25) is 0 Å². The number of imide groups is 1. The van der Waals surface area contributed by atoms with E-state index < -0.39 is 16.7 Å². The Labute approximate surface area is 174 Å². The van der Waals surface area contributed by atoms with Gasteiger partial charge in [0.25, 0.3) is 17.5 Å². The van der Waals surface area contributed by atoms with E-state index in [0.717, 1.165) is 11.0 Å². The Morgan fingerprint density at radius 1 is 1.17 bits per heavy atom. The van der Waals surface area contributed by atoms with E-state index in [1.807, 2.05) is 0 Å². The van der Waals surface area contributed by atoms with Gasteiger partial charge in [-0.05, 0) is 18.2 Å². The quantitative estimate of drug-likeness (QED) is 0.386. The van der Waals surface area contributed by atoms with Gasteiger partial charge in [-0.15, -0.1) is 0 Å². The molecule has 0 atom stereocenters. The molecule has 0 saturated carbocycles. The summed E-state index contributed by atoms with van der Waals surface area (Å²) in [6, 6.07) is 8.28. The third-order valence-corrected chi connectivity index (χ3v) is 4.37. The molecule has 0 unspecified atom stereocenters. The standard InChI is InChI=1S/C18H13Cl2N3O6/c19-10-1-2-16(14(20)5-10)29-13-7-11(6-12(8-13)23(27)28)21-15-9-17(25)22(3-4-24)18(15)26/h1-2,5-9,21,24H,3-4H2. The molecule has 1 aliphatic rings. The maximum Gasteiger partial charge on any atom is 0.277 e. The van der Waals surface area contributed by atoms with Gasteiger partial charge in [-0.1, -0.05) is 23.2 Å². The molecule has 0 aromatic heterocycles. The Morgan fingerprint density at radius 2 is 1.93 bits per heavy atom. The van der Waals surface area contributed by atoms with E-state index in [4.69, 9.17) is 33.0 Å². The lowest BCUT2D eigenvalue weighted by Gasteiger charge is -2.14. The number of nitro benzene ring substituents is 1. The van der Waals surface area contributed by atoms with Gasteiger partial charge in [0, 0.05) is 28.9 Å². The van der Waals surface area contributed by atoms with Crippen LogP contribution in [0.25, 0.3) is 0 Å². The van der Waals surface area contributed by atoms with Crippen LogP contribution in [-0.4, -0.2) is 39.9 Å². The normalized spacial score (nSPS) is 13.5. The van der Waals surface area contributed by atoms with Crippen molar-refractivity contribution in [1.29, 1.82) is 0 Å². The highest BCUT2D eigenvalue weighted by Crippen LogP contribution is 2.35. The number of halogens is 2. The minimum atomic E-state index is -0.654. The number of rotatable bonds is 7. The minimum absolute atomic E-state index is 0.0792. The van der Waals surface area contributed by atoms with Crippen molar-refractivity contribution in [2.24, 2.45) is 0 Å². The zero-order valence-electron chi connectivity index (χ0n) is 14.6. The summed E-state index contributed by atoms with van der Waals surface area (Å²) < 4.78 is 5.62. The predicted octanol–water partition coefficient (Wildman–Crippen LogP) is 3.35. The number of hydrogen-bond acceptors (Lipinski definition) is 7. The summed E-state index contributed by atoms with van der Waals surface area (Å²) in [4.78, 5) is 35.6. The van der Waals surface area contributed by atoms with Crippen molar-refractivity contribution >= 4 is 46.4 Å². The first kappa shape index (κ1) is 20.6. The molecule has 1 heterocycles. The van der Waals surface area contributed by atoms with Crippen molar-refractivity contribution < 1.29 is 24.4 Å². The van der Waals surface area contributed by atoms with Crippen LogP contribution in [0.5, 0.6) is 11.5 Å². The number of benzene rings is 2. The Bertz CT molecular complexity index is 1040. The van der Waals surface area contributed by atoms with Crippen molar-refractivity contribution in [1.82, 2.24) is 4.90 Å². The van der Waals surface area contributed by atoms with E-state index >= 15 is 0 Å². The topological polar surface area (TPSA) is 122 Å². The molecule has 9 nitrogen and oxygen atoms in total. The number of aliphatic hydroxyl groups is 1. The Morgan fingerprint density at radius 3 is 2.59 bits per heavy atom.